The molecule has 1 fully saturated rings. The lowest BCUT2D eigenvalue weighted by Crippen LogP contribution is -2.37. The van der Waals surface area contributed by atoms with Crippen LogP contribution in [0, 0.1) is 0 Å². The summed E-state index contributed by atoms with van der Waals surface area (Å²) in [5.74, 6) is 4.14. The van der Waals surface area contributed by atoms with E-state index in [9.17, 15) is 0 Å². The summed E-state index contributed by atoms with van der Waals surface area (Å²) in [6, 6.07) is 7.33. The molecule has 1 saturated heterocycles. The average Bonchev–Trinajstić information content (AvgIpc) is 2.91. The Morgan fingerprint density at radius 1 is 1.32 bits per heavy atom. The Kier molecular flexibility index (Phi) is 5.40. The van der Waals surface area contributed by atoms with E-state index >= 15 is 0 Å². The molecule has 0 bridgehead atoms. The van der Waals surface area contributed by atoms with Gasteiger partial charge in [-0.25, -0.2) is 0 Å². The molecule has 2 unspecified atom stereocenters. The Morgan fingerprint density at radius 3 is 2.74 bits per heavy atom. The Morgan fingerprint density at radius 2 is 2.11 bits per heavy atom. The fourth-order valence-corrected chi connectivity index (χ4v) is 3.65. The molecule has 2 rings (SSSR count). The van der Waals surface area contributed by atoms with Crippen LogP contribution in [0.25, 0.3) is 0 Å². The fourth-order valence-electron chi connectivity index (χ4n) is 2.49. The predicted octanol–water partition coefficient (Wildman–Crippen LogP) is 2.73. The van der Waals surface area contributed by atoms with Crippen molar-refractivity contribution in [3.63, 3.8) is 0 Å². The maximum atomic E-state index is 5.34. The van der Waals surface area contributed by atoms with Crippen LogP contribution in [0.15, 0.2) is 18.2 Å². The molecule has 0 saturated carbocycles. The van der Waals surface area contributed by atoms with Gasteiger partial charge in [0.05, 0.1) is 14.2 Å². The zero-order valence-corrected chi connectivity index (χ0v) is 12.8. The molecule has 1 aromatic rings. The number of ether oxygens (including phenoxy) is 2. The summed E-state index contributed by atoms with van der Waals surface area (Å²) in [6.07, 6.45) is 2.31. The molecule has 1 aromatic carbocycles. The number of thioether (sulfide) groups is 1. The van der Waals surface area contributed by atoms with E-state index in [0.29, 0.717) is 12.1 Å². The Balaban J connectivity index is 1.94. The van der Waals surface area contributed by atoms with Gasteiger partial charge in [0, 0.05) is 17.8 Å². The normalized spacial score (nSPS) is 20.3. The summed E-state index contributed by atoms with van der Waals surface area (Å²) in [5, 5.41) is 3.70. The maximum absolute atomic E-state index is 5.34. The Hall–Kier alpha value is -0.870. The van der Waals surface area contributed by atoms with Crippen LogP contribution in [0.1, 0.15) is 18.9 Å². The van der Waals surface area contributed by atoms with Gasteiger partial charge in [-0.2, -0.15) is 11.8 Å². The van der Waals surface area contributed by atoms with Crippen molar-refractivity contribution >= 4 is 11.8 Å². The molecule has 3 nitrogen and oxygen atoms in total. The highest BCUT2D eigenvalue weighted by molar-refractivity contribution is 7.99. The second-order valence-corrected chi connectivity index (χ2v) is 6.17. The van der Waals surface area contributed by atoms with Gasteiger partial charge >= 0.3 is 0 Å². The monoisotopic (exact) mass is 281 g/mol. The molecule has 0 amide bonds. The van der Waals surface area contributed by atoms with Crippen molar-refractivity contribution in [3.05, 3.63) is 23.8 Å². The number of benzene rings is 1. The number of rotatable bonds is 6. The fraction of sp³-hybridized carbons (Fsp3) is 0.600. The lowest BCUT2D eigenvalue weighted by molar-refractivity contribution is 0.354. The largest absolute Gasteiger partial charge is 0.493 e. The SMILES string of the molecule is COc1ccc(CC(C)NC2CCSC2)cc1OC. The molecular weight excluding hydrogens is 258 g/mol. The van der Waals surface area contributed by atoms with Crippen LogP contribution in [0.2, 0.25) is 0 Å². The lowest BCUT2D eigenvalue weighted by atomic mass is 10.1. The van der Waals surface area contributed by atoms with Crippen molar-refractivity contribution in [2.45, 2.75) is 31.8 Å². The molecule has 1 aliphatic heterocycles. The second kappa shape index (κ2) is 7.06. The van der Waals surface area contributed by atoms with E-state index in [1.165, 1.54) is 23.5 Å². The molecule has 0 radical (unpaired) electrons. The summed E-state index contributed by atoms with van der Waals surface area (Å²) >= 11 is 2.04. The number of hydrogen-bond donors (Lipinski definition) is 1. The van der Waals surface area contributed by atoms with Crippen LogP contribution in [0.3, 0.4) is 0 Å². The van der Waals surface area contributed by atoms with E-state index in [2.05, 4.69) is 24.4 Å². The minimum Gasteiger partial charge on any atom is -0.493 e. The molecule has 106 valence electrons. The summed E-state index contributed by atoms with van der Waals surface area (Å²) in [5.41, 5.74) is 1.28. The van der Waals surface area contributed by atoms with Gasteiger partial charge in [0.1, 0.15) is 0 Å². The number of hydrogen-bond acceptors (Lipinski definition) is 4. The third-order valence-corrected chi connectivity index (χ3v) is 4.60. The second-order valence-electron chi connectivity index (χ2n) is 5.02. The van der Waals surface area contributed by atoms with Gasteiger partial charge in [0.2, 0.25) is 0 Å². The molecule has 0 aliphatic carbocycles. The zero-order valence-electron chi connectivity index (χ0n) is 11.9. The predicted molar refractivity (Wildman–Crippen MR) is 81.6 cm³/mol. The van der Waals surface area contributed by atoms with Gasteiger partial charge in [0.25, 0.3) is 0 Å². The third kappa shape index (κ3) is 4.05. The lowest BCUT2D eigenvalue weighted by Gasteiger charge is -2.19. The summed E-state index contributed by atoms with van der Waals surface area (Å²) < 4.78 is 10.6. The molecule has 0 spiro atoms. The van der Waals surface area contributed by atoms with Gasteiger partial charge in [-0.05, 0) is 43.2 Å². The van der Waals surface area contributed by atoms with Gasteiger partial charge in [-0.1, -0.05) is 6.07 Å². The van der Waals surface area contributed by atoms with Crippen LogP contribution < -0.4 is 14.8 Å². The van der Waals surface area contributed by atoms with Crippen LogP contribution in [-0.2, 0) is 6.42 Å². The first-order valence-electron chi connectivity index (χ1n) is 6.77. The molecule has 2 atom stereocenters. The summed E-state index contributed by atoms with van der Waals surface area (Å²) in [7, 11) is 3.35. The van der Waals surface area contributed by atoms with Gasteiger partial charge in [0.15, 0.2) is 11.5 Å². The highest BCUT2D eigenvalue weighted by atomic mass is 32.2. The maximum Gasteiger partial charge on any atom is 0.160 e. The first kappa shape index (κ1) is 14.5. The van der Waals surface area contributed by atoms with Gasteiger partial charge in [-0.3, -0.25) is 0 Å². The molecule has 1 aliphatic rings. The number of methoxy groups -OCH3 is 2. The first-order chi connectivity index (χ1) is 9.22. The van der Waals surface area contributed by atoms with E-state index in [4.69, 9.17) is 9.47 Å². The van der Waals surface area contributed by atoms with E-state index in [0.717, 1.165) is 17.9 Å². The highest BCUT2D eigenvalue weighted by Gasteiger charge is 2.17. The van der Waals surface area contributed by atoms with Crippen molar-refractivity contribution in [3.8, 4) is 11.5 Å². The van der Waals surface area contributed by atoms with Crippen molar-refractivity contribution in [2.75, 3.05) is 25.7 Å². The van der Waals surface area contributed by atoms with E-state index in [-0.39, 0.29) is 0 Å². The zero-order chi connectivity index (χ0) is 13.7. The Bertz CT molecular complexity index is 405. The van der Waals surface area contributed by atoms with Crippen LogP contribution >= 0.6 is 11.8 Å². The van der Waals surface area contributed by atoms with Crippen molar-refractivity contribution in [1.29, 1.82) is 0 Å². The van der Waals surface area contributed by atoms with Crippen molar-refractivity contribution in [2.24, 2.45) is 0 Å². The van der Waals surface area contributed by atoms with Crippen LogP contribution in [-0.4, -0.2) is 37.8 Å². The van der Waals surface area contributed by atoms with E-state index in [1.54, 1.807) is 14.2 Å². The molecule has 19 heavy (non-hydrogen) atoms. The van der Waals surface area contributed by atoms with Crippen molar-refractivity contribution in [1.82, 2.24) is 5.32 Å². The molecule has 0 aromatic heterocycles. The van der Waals surface area contributed by atoms with Crippen LogP contribution in [0.5, 0.6) is 11.5 Å². The third-order valence-electron chi connectivity index (χ3n) is 3.44. The molecular formula is C15H23NO2S. The van der Waals surface area contributed by atoms with Crippen molar-refractivity contribution < 1.29 is 9.47 Å². The summed E-state index contributed by atoms with van der Waals surface area (Å²) in [4.78, 5) is 0. The molecule has 1 heterocycles. The minimum atomic E-state index is 0.488. The van der Waals surface area contributed by atoms with E-state index < -0.39 is 0 Å². The quantitative estimate of drug-likeness (QED) is 0.868. The topological polar surface area (TPSA) is 30.5 Å². The molecule has 1 N–H and O–H groups in total. The number of nitrogens with one attached hydrogen (secondary N) is 1. The first-order valence-corrected chi connectivity index (χ1v) is 7.93. The Labute approximate surface area is 120 Å². The van der Waals surface area contributed by atoms with Crippen LogP contribution in [0.4, 0.5) is 0 Å². The minimum absolute atomic E-state index is 0.488. The van der Waals surface area contributed by atoms with Gasteiger partial charge < -0.3 is 14.8 Å². The summed E-state index contributed by atoms with van der Waals surface area (Å²) in [6.45, 7) is 2.25. The molecule has 4 heteroatoms. The van der Waals surface area contributed by atoms with Gasteiger partial charge in [-0.15, -0.1) is 0 Å². The van der Waals surface area contributed by atoms with E-state index in [1.807, 2.05) is 17.8 Å². The highest BCUT2D eigenvalue weighted by Crippen LogP contribution is 2.28. The smallest absolute Gasteiger partial charge is 0.160 e. The standard InChI is InChI=1S/C15H23NO2S/c1-11(16-13-6-7-19-10-13)8-12-4-5-14(17-2)15(9-12)18-3/h4-5,9,11,13,16H,6-8,10H2,1-3H3. The average molecular weight is 281 g/mol.